The Morgan fingerprint density at radius 3 is 2.62 bits per heavy atom. The van der Waals surface area contributed by atoms with Crippen LogP contribution >= 0.6 is 0 Å². The fourth-order valence-corrected chi connectivity index (χ4v) is 2.45. The van der Waals surface area contributed by atoms with Crippen LogP contribution in [0.2, 0.25) is 0 Å². The SMILES string of the molecule is O=C(NCC1CCCC1O)c1cc(C(F)(F)F)ccc1F. The summed E-state index contributed by atoms with van der Waals surface area (Å²) in [7, 11) is 0. The monoisotopic (exact) mass is 305 g/mol. The highest BCUT2D eigenvalue weighted by Gasteiger charge is 2.32. The van der Waals surface area contributed by atoms with Crippen molar-refractivity contribution in [1.82, 2.24) is 5.32 Å². The fourth-order valence-electron chi connectivity index (χ4n) is 2.45. The molecule has 1 fully saturated rings. The first-order chi connectivity index (χ1) is 9.79. The van der Waals surface area contributed by atoms with Crippen molar-refractivity contribution in [3.8, 4) is 0 Å². The van der Waals surface area contributed by atoms with Gasteiger partial charge in [-0.2, -0.15) is 13.2 Å². The van der Waals surface area contributed by atoms with E-state index in [0.717, 1.165) is 12.8 Å². The molecule has 1 aromatic carbocycles. The van der Waals surface area contributed by atoms with Crippen LogP contribution in [0.4, 0.5) is 17.6 Å². The number of halogens is 4. The van der Waals surface area contributed by atoms with Gasteiger partial charge in [0.25, 0.3) is 5.91 Å². The van der Waals surface area contributed by atoms with Crippen molar-refractivity contribution in [1.29, 1.82) is 0 Å². The van der Waals surface area contributed by atoms with Gasteiger partial charge in [-0.15, -0.1) is 0 Å². The number of carbonyl (C=O) groups excluding carboxylic acids is 1. The second-order valence-corrected chi connectivity index (χ2v) is 5.16. The summed E-state index contributed by atoms with van der Waals surface area (Å²) in [5.74, 6) is -2.05. The Balaban J connectivity index is 2.08. The average Bonchev–Trinajstić information content (AvgIpc) is 2.80. The first-order valence-corrected chi connectivity index (χ1v) is 6.62. The smallest absolute Gasteiger partial charge is 0.393 e. The van der Waals surface area contributed by atoms with Gasteiger partial charge in [-0.25, -0.2) is 4.39 Å². The highest BCUT2D eigenvalue weighted by molar-refractivity contribution is 5.94. The van der Waals surface area contributed by atoms with Crippen molar-refractivity contribution < 1.29 is 27.5 Å². The van der Waals surface area contributed by atoms with Crippen molar-refractivity contribution >= 4 is 5.91 Å². The van der Waals surface area contributed by atoms with E-state index in [0.29, 0.717) is 24.6 Å². The third kappa shape index (κ3) is 3.72. The predicted octanol–water partition coefficient (Wildman–Crippen LogP) is 2.74. The van der Waals surface area contributed by atoms with Gasteiger partial charge in [-0.1, -0.05) is 6.42 Å². The molecule has 0 aliphatic heterocycles. The molecule has 1 saturated carbocycles. The first kappa shape index (κ1) is 15.8. The van der Waals surface area contributed by atoms with Gasteiger partial charge in [-0.3, -0.25) is 4.79 Å². The van der Waals surface area contributed by atoms with Crippen molar-refractivity contribution in [2.45, 2.75) is 31.5 Å². The molecule has 0 bridgehead atoms. The highest BCUT2D eigenvalue weighted by Crippen LogP contribution is 2.30. The molecule has 1 amide bonds. The Hall–Kier alpha value is -1.63. The van der Waals surface area contributed by atoms with E-state index < -0.39 is 35.1 Å². The van der Waals surface area contributed by atoms with Crippen LogP contribution < -0.4 is 5.32 Å². The maximum atomic E-state index is 13.5. The van der Waals surface area contributed by atoms with Crippen LogP contribution in [0.3, 0.4) is 0 Å². The molecular formula is C14H15F4NO2. The zero-order chi connectivity index (χ0) is 15.6. The Bertz CT molecular complexity index is 530. The van der Waals surface area contributed by atoms with Gasteiger partial charge >= 0.3 is 6.18 Å². The molecule has 0 saturated heterocycles. The van der Waals surface area contributed by atoms with E-state index in [-0.39, 0.29) is 12.5 Å². The number of rotatable bonds is 3. The fraction of sp³-hybridized carbons (Fsp3) is 0.500. The third-order valence-corrected chi connectivity index (χ3v) is 3.68. The van der Waals surface area contributed by atoms with Crippen LogP contribution in [0.15, 0.2) is 18.2 Å². The number of aliphatic hydroxyl groups is 1. The van der Waals surface area contributed by atoms with E-state index in [2.05, 4.69) is 5.32 Å². The molecular weight excluding hydrogens is 290 g/mol. The summed E-state index contributed by atoms with van der Waals surface area (Å²) in [6, 6.07) is 1.71. The number of alkyl halides is 3. The normalized spacial score (nSPS) is 22.3. The second kappa shape index (κ2) is 6.01. The molecule has 116 valence electrons. The Morgan fingerprint density at radius 2 is 2.05 bits per heavy atom. The molecule has 0 spiro atoms. The molecule has 0 radical (unpaired) electrons. The van der Waals surface area contributed by atoms with Gasteiger partial charge in [0.05, 0.1) is 17.2 Å². The number of hydrogen-bond acceptors (Lipinski definition) is 2. The summed E-state index contributed by atoms with van der Waals surface area (Å²) in [4.78, 5) is 11.8. The maximum absolute atomic E-state index is 13.5. The first-order valence-electron chi connectivity index (χ1n) is 6.62. The number of hydrogen-bond donors (Lipinski definition) is 2. The molecule has 2 unspecified atom stereocenters. The Labute approximate surface area is 119 Å². The van der Waals surface area contributed by atoms with Crippen LogP contribution in [0.25, 0.3) is 0 Å². The largest absolute Gasteiger partial charge is 0.416 e. The molecule has 0 heterocycles. The molecule has 1 aliphatic rings. The van der Waals surface area contributed by atoms with E-state index in [1.165, 1.54) is 0 Å². The van der Waals surface area contributed by atoms with Crippen LogP contribution in [0.1, 0.15) is 35.2 Å². The van der Waals surface area contributed by atoms with Crippen LogP contribution in [0.5, 0.6) is 0 Å². The van der Waals surface area contributed by atoms with E-state index in [1.54, 1.807) is 0 Å². The van der Waals surface area contributed by atoms with Gasteiger partial charge in [0.2, 0.25) is 0 Å². The van der Waals surface area contributed by atoms with Gasteiger partial charge < -0.3 is 10.4 Å². The molecule has 7 heteroatoms. The number of nitrogens with one attached hydrogen (secondary N) is 1. The molecule has 3 nitrogen and oxygen atoms in total. The van der Waals surface area contributed by atoms with Crippen molar-refractivity contribution in [2.24, 2.45) is 5.92 Å². The molecule has 2 N–H and O–H groups in total. The standard InChI is InChI=1S/C14H15F4NO2/c15-11-5-4-9(14(16,17)18)6-10(11)13(21)19-7-8-2-1-3-12(8)20/h4-6,8,12,20H,1-3,7H2,(H,19,21). The average molecular weight is 305 g/mol. The lowest BCUT2D eigenvalue weighted by molar-refractivity contribution is -0.137. The highest BCUT2D eigenvalue weighted by atomic mass is 19.4. The van der Waals surface area contributed by atoms with E-state index in [9.17, 15) is 27.5 Å². The topological polar surface area (TPSA) is 49.3 Å². The summed E-state index contributed by atoms with van der Waals surface area (Å²) >= 11 is 0. The van der Waals surface area contributed by atoms with Gasteiger partial charge in [-0.05, 0) is 31.0 Å². The number of aliphatic hydroxyl groups excluding tert-OH is 1. The molecule has 0 aromatic heterocycles. The minimum absolute atomic E-state index is 0.121. The molecule has 2 rings (SSSR count). The van der Waals surface area contributed by atoms with Crippen molar-refractivity contribution in [3.63, 3.8) is 0 Å². The lowest BCUT2D eigenvalue weighted by Crippen LogP contribution is -2.33. The van der Waals surface area contributed by atoms with E-state index >= 15 is 0 Å². The summed E-state index contributed by atoms with van der Waals surface area (Å²) < 4.78 is 51.2. The summed E-state index contributed by atoms with van der Waals surface area (Å²) in [6.45, 7) is 0.121. The number of benzene rings is 1. The van der Waals surface area contributed by atoms with E-state index in [4.69, 9.17) is 0 Å². The van der Waals surface area contributed by atoms with E-state index in [1.807, 2.05) is 0 Å². The Morgan fingerprint density at radius 1 is 1.33 bits per heavy atom. The summed E-state index contributed by atoms with van der Waals surface area (Å²) in [5, 5.41) is 12.0. The lowest BCUT2D eigenvalue weighted by Gasteiger charge is -2.15. The lowest BCUT2D eigenvalue weighted by atomic mass is 10.1. The minimum atomic E-state index is -4.63. The Kier molecular flexibility index (Phi) is 4.51. The third-order valence-electron chi connectivity index (χ3n) is 3.68. The zero-order valence-electron chi connectivity index (χ0n) is 11.1. The molecule has 1 aromatic rings. The van der Waals surface area contributed by atoms with Crippen LogP contribution in [-0.2, 0) is 6.18 Å². The summed E-state index contributed by atoms with van der Waals surface area (Å²) in [6.07, 6.45) is -2.97. The minimum Gasteiger partial charge on any atom is -0.393 e. The van der Waals surface area contributed by atoms with Crippen LogP contribution in [-0.4, -0.2) is 23.7 Å². The molecule has 2 atom stereocenters. The van der Waals surface area contributed by atoms with Gasteiger partial charge in [0.1, 0.15) is 5.82 Å². The van der Waals surface area contributed by atoms with Crippen molar-refractivity contribution in [3.05, 3.63) is 35.1 Å². The maximum Gasteiger partial charge on any atom is 0.416 e. The number of amides is 1. The quantitative estimate of drug-likeness (QED) is 0.844. The van der Waals surface area contributed by atoms with Gasteiger partial charge in [0, 0.05) is 12.5 Å². The second-order valence-electron chi connectivity index (χ2n) is 5.16. The number of carbonyl (C=O) groups is 1. The summed E-state index contributed by atoms with van der Waals surface area (Å²) in [5.41, 5.74) is -1.72. The van der Waals surface area contributed by atoms with Gasteiger partial charge in [0.15, 0.2) is 0 Å². The zero-order valence-corrected chi connectivity index (χ0v) is 11.1. The molecule has 1 aliphatic carbocycles. The van der Waals surface area contributed by atoms with Crippen LogP contribution in [0, 0.1) is 11.7 Å². The predicted molar refractivity (Wildman–Crippen MR) is 67.1 cm³/mol. The van der Waals surface area contributed by atoms with Crippen molar-refractivity contribution in [2.75, 3.05) is 6.54 Å². The molecule has 21 heavy (non-hydrogen) atoms.